The topological polar surface area (TPSA) is 54.4 Å². The Morgan fingerprint density at radius 1 is 1.06 bits per heavy atom. The number of hydrogen-bond acceptors (Lipinski definition) is 2. The van der Waals surface area contributed by atoms with E-state index in [1.54, 1.807) is 0 Å². The van der Waals surface area contributed by atoms with Gasteiger partial charge in [-0.3, -0.25) is 4.79 Å². The first-order chi connectivity index (χ1) is 7.84. The van der Waals surface area contributed by atoms with Crippen molar-refractivity contribution in [2.24, 2.45) is 0 Å². The Balaban J connectivity index is 3.18. The van der Waals surface area contributed by atoms with Crippen LogP contribution in [-0.2, 0) is 4.79 Å². The number of carboxylic acids is 1. The fraction of sp³-hybridized carbons (Fsp3) is 0.167. The van der Waals surface area contributed by atoms with Gasteiger partial charge in [0.1, 0.15) is 0 Å². The van der Waals surface area contributed by atoms with Crippen LogP contribution < -0.4 is 0 Å². The SMILES string of the molecule is CC(C(=O)O)=C(C)C(=O)c1ccc(Cl)c(Cl)c1. The number of aliphatic carboxylic acids is 1. The van der Waals surface area contributed by atoms with Gasteiger partial charge < -0.3 is 5.11 Å². The molecule has 0 amide bonds. The summed E-state index contributed by atoms with van der Waals surface area (Å²) in [5.41, 5.74) is 0.509. The molecule has 90 valence electrons. The number of Topliss-reactive ketones (excluding diaryl/α,β-unsaturated/α-hetero) is 1. The molecule has 0 radical (unpaired) electrons. The van der Waals surface area contributed by atoms with Crippen molar-refractivity contribution < 1.29 is 14.7 Å². The second kappa shape index (κ2) is 5.34. The Hall–Kier alpha value is -1.32. The van der Waals surface area contributed by atoms with Gasteiger partial charge in [-0.05, 0) is 32.0 Å². The van der Waals surface area contributed by atoms with Crippen LogP contribution in [-0.4, -0.2) is 16.9 Å². The van der Waals surface area contributed by atoms with Crippen molar-refractivity contribution in [1.29, 1.82) is 0 Å². The highest BCUT2D eigenvalue weighted by molar-refractivity contribution is 6.42. The average molecular weight is 273 g/mol. The van der Waals surface area contributed by atoms with Crippen molar-refractivity contribution >= 4 is 35.0 Å². The summed E-state index contributed by atoms with van der Waals surface area (Å²) in [6.07, 6.45) is 0. The number of allylic oxidation sites excluding steroid dienone is 1. The minimum Gasteiger partial charge on any atom is -0.478 e. The third-order valence-electron chi connectivity index (χ3n) is 2.41. The number of benzene rings is 1. The highest BCUT2D eigenvalue weighted by atomic mass is 35.5. The van der Waals surface area contributed by atoms with Crippen LogP contribution in [0, 0.1) is 0 Å². The zero-order valence-corrected chi connectivity index (χ0v) is 10.8. The second-order valence-corrected chi connectivity index (χ2v) is 4.33. The molecule has 0 saturated carbocycles. The maximum absolute atomic E-state index is 11.9. The van der Waals surface area contributed by atoms with Gasteiger partial charge in [0.2, 0.25) is 0 Å². The number of carbonyl (C=O) groups excluding carboxylic acids is 1. The van der Waals surface area contributed by atoms with Gasteiger partial charge in [-0.15, -0.1) is 0 Å². The molecule has 0 spiro atoms. The average Bonchev–Trinajstić information content (AvgIpc) is 2.29. The molecule has 0 bridgehead atoms. The summed E-state index contributed by atoms with van der Waals surface area (Å²) in [6.45, 7) is 2.85. The first-order valence-corrected chi connectivity index (χ1v) is 5.50. The smallest absolute Gasteiger partial charge is 0.331 e. The van der Waals surface area contributed by atoms with Crippen LogP contribution in [0.3, 0.4) is 0 Å². The minimum atomic E-state index is -1.11. The number of carbonyl (C=O) groups is 2. The van der Waals surface area contributed by atoms with E-state index in [0.717, 1.165) is 0 Å². The molecule has 0 saturated heterocycles. The molecule has 0 aliphatic heterocycles. The first kappa shape index (κ1) is 13.7. The van der Waals surface area contributed by atoms with E-state index in [-0.39, 0.29) is 22.0 Å². The normalized spacial score (nSPS) is 12.0. The predicted octanol–water partition coefficient (Wildman–Crippen LogP) is 3.60. The highest BCUT2D eigenvalue weighted by Crippen LogP contribution is 2.24. The highest BCUT2D eigenvalue weighted by Gasteiger charge is 2.15. The summed E-state index contributed by atoms with van der Waals surface area (Å²) in [7, 11) is 0. The molecule has 0 aliphatic rings. The van der Waals surface area contributed by atoms with E-state index < -0.39 is 5.97 Å². The molecule has 1 aromatic carbocycles. The van der Waals surface area contributed by atoms with Crippen molar-refractivity contribution in [2.75, 3.05) is 0 Å². The Kier molecular flexibility index (Phi) is 4.32. The van der Waals surface area contributed by atoms with Gasteiger partial charge >= 0.3 is 5.97 Å². The first-order valence-electron chi connectivity index (χ1n) is 4.75. The van der Waals surface area contributed by atoms with E-state index >= 15 is 0 Å². The quantitative estimate of drug-likeness (QED) is 0.676. The van der Waals surface area contributed by atoms with Gasteiger partial charge in [-0.2, -0.15) is 0 Å². The molecule has 0 aromatic heterocycles. The van der Waals surface area contributed by atoms with E-state index in [9.17, 15) is 9.59 Å². The molecule has 0 aliphatic carbocycles. The van der Waals surface area contributed by atoms with Crippen molar-refractivity contribution in [3.63, 3.8) is 0 Å². The zero-order valence-electron chi connectivity index (χ0n) is 9.25. The third-order valence-corrected chi connectivity index (χ3v) is 3.14. The number of halogens is 2. The lowest BCUT2D eigenvalue weighted by atomic mass is 10.0. The standard InChI is InChI=1S/C12H10Cl2O3/c1-6(7(2)12(16)17)11(15)8-3-4-9(13)10(14)5-8/h3-5H,1-2H3,(H,16,17). The van der Waals surface area contributed by atoms with Crippen LogP contribution in [0.15, 0.2) is 29.3 Å². The summed E-state index contributed by atoms with van der Waals surface area (Å²) >= 11 is 11.5. The fourth-order valence-corrected chi connectivity index (χ4v) is 1.48. The van der Waals surface area contributed by atoms with Gasteiger partial charge in [0.15, 0.2) is 5.78 Å². The van der Waals surface area contributed by atoms with Crippen LogP contribution >= 0.6 is 23.2 Å². The molecule has 1 aromatic rings. The second-order valence-electron chi connectivity index (χ2n) is 3.51. The van der Waals surface area contributed by atoms with E-state index in [2.05, 4.69) is 0 Å². The van der Waals surface area contributed by atoms with Crippen molar-refractivity contribution in [3.05, 3.63) is 45.0 Å². The lowest BCUT2D eigenvalue weighted by molar-refractivity contribution is -0.132. The third kappa shape index (κ3) is 3.08. The lowest BCUT2D eigenvalue weighted by Crippen LogP contribution is -2.08. The van der Waals surface area contributed by atoms with Crippen LogP contribution in [0.4, 0.5) is 0 Å². The van der Waals surface area contributed by atoms with Crippen molar-refractivity contribution in [1.82, 2.24) is 0 Å². The van der Waals surface area contributed by atoms with Gasteiger partial charge in [0, 0.05) is 16.7 Å². The lowest BCUT2D eigenvalue weighted by Gasteiger charge is -2.05. The molecule has 0 atom stereocenters. The summed E-state index contributed by atoms with van der Waals surface area (Å²) < 4.78 is 0. The van der Waals surface area contributed by atoms with Crippen LogP contribution in [0.1, 0.15) is 24.2 Å². The summed E-state index contributed by atoms with van der Waals surface area (Å²) in [6, 6.07) is 4.43. The van der Waals surface area contributed by atoms with Crippen LogP contribution in [0.5, 0.6) is 0 Å². The summed E-state index contributed by atoms with van der Waals surface area (Å²) in [4.78, 5) is 22.7. The summed E-state index contributed by atoms with van der Waals surface area (Å²) in [5.74, 6) is -1.49. The molecule has 1 rings (SSSR count). The molecule has 1 N–H and O–H groups in total. The maximum Gasteiger partial charge on any atom is 0.331 e. The Morgan fingerprint density at radius 3 is 2.12 bits per heavy atom. The van der Waals surface area contributed by atoms with Crippen LogP contribution in [0.2, 0.25) is 10.0 Å². The van der Waals surface area contributed by atoms with E-state index in [1.165, 1.54) is 32.0 Å². The Labute approximate surface area is 109 Å². The van der Waals surface area contributed by atoms with Gasteiger partial charge in [0.25, 0.3) is 0 Å². The number of ketones is 1. The molecule has 5 heteroatoms. The fourth-order valence-electron chi connectivity index (χ4n) is 1.18. The minimum absolute atomic E-state index is 0.0149. The Bertz CT molecular complexity index is 518. The van der Waals surface area contributed by atoms with Gasteiger partial charge in [-0.1, -0.05) is 23.2 Å². The van der Waals surface area contributed by atoms with E-state index in [1.807, 2.05) is 0 Å². The van der Waals surface area contributed by atoms with E-state index in [0.29, 0.717) is 10.6 Å². The molecular formula is C12H10Cl2O3. The molecule has 3 nitrogen and oxygen atoms in total. The number of hydrogen-bond donors (Lipinski definition) is 1. The largest absolute Gasteiger partial charge is 0.478 e. The summed E-state index contributed by atoms with van der Waals surface area (Å²) in [5, 5.41) is 9.40. The molecule has 0 heterocycles. The zero-order chi connectivity index (χ0) is 13.2. The molecule has 0 unspecified atom stereocenters. The van der Waals surface area contributed by atoms with Crippen LogP contribution in [0.25, 0.3) is 0 Å². The maximum atomic E-state index is 11.9. The Morgan fingerprint density at radius 2 is 1.65 bits per heavy atom. The van der Waals surface area contributed by atoms with Gasteiger partial charge in [-0.25, -0.2) is 4.79 Å². The number of rotatable bonds is 3. The molecular weight excluding hydrogens is 263 g/mol. The van der Waals surface area contributed by atoms with Crippen molar-refractivity contribution in [3.8, 4) is 0 Å². The van der Waals surface area contributed by atoms with Crippen molar-refractivity contribution in [2.45, 2.75) is 13.8 Å². The van der Waals surface area contributed by atoms with E-state index in [4.69, 9.17) is 28.3 Å². The molecule has 0 fully saturated rings. The predicted molar refractivity (Wildman–Crippen MR) is 66.8 cm³/mol. The monoisotopic (exact) mass is 272 g/mol. The molecule has 17 heavy (non-hydrogen) atoms. The number of carboxylic acid groups (broad SMARTS) is 1. The van der Waals surface area contributed by atoms with Gasteiger partial charge in [0.05, 0.1) is 10.0 Å².